The molecule has 8 nitrogen and oxygen atoms in total. The molecule has 2 aromatic rings. The van der Waals surface area contributed by atoms with Gasteiger partial charge < -0.3 is 16.0 Å². The number of rotatable bonds is 5. The molecule has 0 saturated carbocycles. The summed E-state index contributed by atoms with van der Waals surface area (Å²) < 4.78 is 26.5. The van der Waals surface area contributed by atoms with Gasteiger partial charge in [-0.15, -0.1) is 0 Å². The van der Waals surface area contributed by atoms with Gasteiger partial charge in [0.25, 0.3) is 5.91 Å². The summed E-state index contributed by atoms with van der Waals surface area (Å²) in [6.07, 6.45) is 6.48. The van der Waals surface area contributed by atoms with Gasteiger partial charge in [-0.25, -0.2) is 13.4 Å². The summed E-state index contributed by atoms with van der Waals surface area (Å²) in [5, 5.41) is 4.29. The number of sulfonamides is 1. The zero-order valence-corrected chi connectivity index (χ0v) is 15.4. The summed E-state index contributed by atoms with van der Waals surface area (Å²) in [5.41, 5.74) is 7.25. The first-order valence-corrected chi connectivity index (χ1v) is 10.5. The monoisotopic (exact) mass is 377 g/mol. The lowest BCUT2D eigenvalue weighted by molar-refractivity contribution is 0.100. The average molecular weight is 377 g/mol. The van der Waals surface area contributed by atoms with Crippen molar-refractivity contribution in [3.05, 3.63) is 24.0 Å². The summed E-state index contributed by atoms with van der Waals surface area (Å²) in [4.78, 5) is 19.1. The highest BCUT2D eigenvalue weighted by Gasteiger charge is 2.46. The highest BCUT2D eigenvalue weighted by molar-refractivity contribution is 7.89. The third-order valence-electron chi connectivity index (χ3n) is 5.55. The quantitative estimate of drug-likeness (QED) is 0.727. The van der Waals surface area contributed by atoms with E-state index < -0.39 is 15.9 Å². The van der Waals surface area contributed by atoms with E-state index in [9.17, 15) is 13.2 Å². The fourth-order valence-electron chi connectivity index (χ4n) is 4.41. The van der Waals surface area contributed by atoms with E-state index >= 15 is 0 Å². The Morgan fingerprint density at radius 3 is 2.69 bits per heavy atom. The summed E-state index contributed by atoms with van der Waals surface area (Å²) in [6, 6.07) is 2.01. The van der Waals surface area contributed by atoms with E-state index in [2.05, 4.69) is 15.3 Å². The fourth-order valence-corrected chi connectivity index (χ4v) is 6.00. The molecule has 140 valence electrons. The van der Waals surface area contributed by atoms with E-state index in [-0.39, 0.29) is 23.9 Å². The van der Waals surface area contributed by atoms with Crippen LogP contribution in [-0.4, -0.2) is 52.5 Å². The van der Waals surface area contributed by atoms with Crippen LogP contribution in [0.5, 0.6) is 0 Å². The minimum atomic E-state index is -3.18. The number of pyridine rings is 1. The number of aromatic amines is 1. The normalized spacial score (nSPS) is 26.3. The van der Waals surface area contributed by atoms with Crippen molar-refractivity contribution in [3.63, 3.8) is 0 Å². The molecule has 4 N–H and O–H groups in total. The molecule has 2 saturated heterocycles. The van der Waals surface area contributed by atoms with E-state index in [1.807, 2.05) is 6.07 Å². The van der Waals surface area contributed by atoms with Gasteiger partial charge in [0.1, 0.15) is 5.65 Å². The van der Waals surface area contributed by atoms with E-state index in [4.69, 9.17) is 5.73 Å². The number of fused-ring (bicyclic) bond motifs is 3. The number of hydrogen-bond acceptors (Lipinski definition) is 5. The van der Waals surface area contributed by atoms with Gasteiger partial charge in [0.05, 0.1) is 17.0 Å². The van der Waals surface area contributed by atoms with Crippen LogP contribution in [0.1, 0.15) is 43.0 Å². The summed E-state index contributed by atoms with van der Waals surface area (Å²) >= 11 is 0. The number of nitrogens with two attached hydrogens (primary N) is 1. The van der Waals surface area contributed by atoms with E-state index in [0.29, 0.717) is 16.9 Å². The minimum absolute atomic E-state index is 0.0248. The molecular weight excluding hydrogens is 354 g/mol. The molecule has 2 aromatic heterocycles. The number of carbonyl (C=O) groups excluding carboxylic acids is 1. The number of nitrogens with zero attached hydrogens (tertiary/aromatic N) is 2. The predicted molar refractivity (Wildman–Crippen MR) is 99.4 cm³/mol. The Morgan fingerprint density at radius 1 is 1.38 bits per heavy atom. The van der Waals surface area contributed by atoms with Gasteiger partial charge in [-0.1, -0.05) is 0 Å². The Kier molecular flexibility index (Phi) is 4.15. The van der Waals surface area contributed by atoms with Crippen LogP contribution in [0.15, 0.2) is 18.5 Å². The molecule has 0 aromatic carbocycles. The van der Waals surface area contributed by atoms with Crippen LogP contribution < -0.4 is 11.1 Å². The molecule has 2 bridgehead atoms. The highest BCUT2D eigenvalue weighted by atomic mass is 32.2. The van der Waals surface area contributed by atoms with Crippen LogP contribution >= 0.6 is 0 Å². The Morgan fingerprint density at radius 2 is 2.08 bits per heavy atom. The Bertz CT molecular complexity index is 940. The average Bonchev–Trinajstić information content (AvgIpc) is 3.18. The van der Waals surface area contributed by atoms with Crippen molar-refractivity contribution in [2.24, 2.45) is 5.73 Å². The summed E-state index contributed by atoms with van der Waals surface area (Å²) in [6.45, 7) is 1.69. The molecule has 2 aliphatic rings. The van der Waals surface area contributed by atoms with E-state index in [0.717, 1.165) is 31.1 Å². The largest absolute Gasteiger partial charge is 0.381 e. The van der Waals surface area contributed by atoms with Crippen LogP contribution in [0.25, 0.3) is 11.0 Å². The fraction of sp³-hybridized carbons (Fsp3) is 0.529. The van der Waals surface area contributed by atoms with E-state index in [1.54, 1.807) is 17.4 Å². The maximum Gasteiger partial charge on any atom is 0.252 e. The van der Waals surface area contributed by atoms with Crippen molar-refractivity contribution in [1.29, 1.82) is 0 Å². The smallest absolute Gasteiger partial charge is 0.252 e. The van der Waals surface area contributed by atoms with Gasteiger partial charge in [-0.3, -0.25) is 4.79 Å². The highest BCUT2D eigenvalue weighted by Crippen LogP contribution is 2.39. The standard InChI is InChI=1S/C17H23N5O3S/c1-2-26(24,25)22-11-3-4-12(22)8-10(7-11)21-15-13-5-6-19-17(13)20-9-14(15)16(18)23/h5-6,9-12H,2-4,7-8H2,1H3,(H2,18,23)(H2,19,20,21)/t10?,11-,12+. The Labute approximate surface area is 152 Å². The number of H-pyrrole nitrogens is 1. The third-order valence-corrected chi connectivity index (χ3v) is 7.52. The number of nitrogens with one attached hydrogen (secondary N) is 2. The lowest BCUT2D eigenvalue weighted by Crippen LogP contribution is -2.50. The first kappa shape index (κ1) is 17.3. The lowest BCUT2D eigenvalue weighted by Gasteiger charge is -2.38. The maximum atomic E-state index is 12.4. The molecule has 9 heteroatoms. The molecule has 0 radical (unpaired) electrons. The molecule has 1 amide bonds. The van der Waals surface area contributed by atoms with Crippen molar-refractivity contribution in [3.8, 4) is 0 Å². The predicted octanol–water partition coefficient (Wildman–Crippen LogP) is 1.42. The zero-order chi connectivity index (χ0) is 18.5. The summed E-state index contributed by atoms with van der Waals surface area (Å²) in [7, 11) is -3.18. The first-order valence-electron chi connectivity index (χ1n) is 8.94. The lowest BCUT2D eigenvalue weighted by atomic mass is 9.98. The number of aromatic nitrogens is 2. The SMILES string of the molecule is CCS(=O)(=O)N1[C@@H]2CC[C@H]1CC(Nc1c(C(N)=O)cnc3[nH]ccc13)C2. The van der Waals surface area contributed by atoms with Crippen molar-refractivity contribution in [1.82, 2.24) is 14.3 Å². The van der Waals surface area contributed by atoms with Crippen molar-refractivity contribution >= 4 is 32.7 Å². The second-order valence-electron chi connectivity index (χ2n) is 7.08. The molecule has 4 heterocycles. The van der Waals surface area contributed by atoms with Gasteiger partial charge in [0, 0.05) is 35.9 Å². The number of anilines is 1. The van der Waals surface area contributed by atoms with Crippen LogP contribution in [0.4, 0.5) is 5.69 Å². The number of hydrogen-bond donors (Lipinski definition) is 3. The molecule has 2 fully saturated rings. The molecular formula is C17H23N5O3S. The number of carbonyl (C=O) groups is 1. The molecule has 3 atom stereocenters. The number of piperidine rings is 1. The Hall–Kier alpha value is -2.13. The van der Waals surface area contributed by atoms with Crippen molar-refractivity contribution in [2.45, 2.75) is 50.7 Å². The van der Waals surface area contributed by atoms with E-state index in [1.165, 1.54) is 6.20 Å². The van der Waals surface area contributed by atoms with Crippen LogP contribution in [0, 0.1) is 0 Å². The number of primary amides is 1. The zero-order valence-electron chi connectivity index (χ0n) is 14.6. The molecule has 4 rings (SSSR count). The molecule has 26 heavy (non-hydrogen) atoms. The van der Waals surface area contributed by atoms with Gasteiger partial charge in [0.2, 0.25) is 10.0 Å². The topological polar surface area (TPSA) is 121 Å². The second-order valence-corrected chi connectivity index (χ2v) is 9.24. The van der Waals surface area contributed by atoms with Gasteiger partial charge >= 0.3 is 0 Å². The molecule has 2 aliphatic heterocycles. The maximum absolute atomic E-state index is 12.4. The van der Waals surface area contributed by atoms with Crippen molar-refractivity contribution < 1.29 is 13.2 Å². The van der Waals surface area contributed by atoms with Crippen molar-refractivity contribution in [2.75, 3.05) is 11.1 Å². The third kappa shape index (κ3) is 2.75. The van der Waals surface area contributed by atoms with Crippen LogP contribution in [0.3, 0.4) is 0 Å². The summed E-state index contributed by atoms with van der Waals surface area (Å²) in [5.74, 6) is -0.393. The van der Waals surface area contributed by atoms with Gasteiger partial charge in [-0.05, 0) is 38.7 Å². The Balaban J connectivity index is 1.63. The molecule has 0 aliphatic carbocycles. The molecule has 1 unspecified atom stereocenters. The van der Waals surface area contributed by atoms with Crippen LogP contribution in [-0.2, 0) is 10.0 Å². The minimum Gasteiger partial charge on any atom is -0.381 e. The van der Waals surface area contributed by atoms with Crippen LogP contribution in [0.2, 0.25) is 0 Å². The van der Waals surface area contributed by atoms with Gasteiger partial charge in [-0.2, -0.15) is 4.31 Å². The van der Waals surface area contributed by atoms with Gasteiger partial charge in [0.15, 0.2) is 0 Å². The second kappa shape index (κ2) is 6.24. The molecule has 0 spiro atoms. The first-order chi connectivity index (χ1) is 12.4. The number of amides is 1.